The van der Waals surface area contributed by atoms with Crippen molar-refractivity contribution in [1.29, 1.82) is 0 Å². The summed E-state index contributed by atoms with van der Waals surface area (Å²) >= 11 is 0. The van der Waals surface area contributed by atoms with Crippen LogP contribution in [-0.4, -0.2) is 27.4 Å². The monoisotopic (exact) mass is 223 g/mol. The van der Waals surface area contributed by atoms with Gasteiger partial charge >= 0.3 is 5.97 Å². The highest BCUT2D eigenvalue weighted by Crippen LogP contribution is 2.12. The van der Waals surface area contributed by atoms with E-state index in [2.05, 4.69) is 17.0 Å². The first kappa shape index (κ1) is 12.4. The highest BCUT2D eigenvalue weighted by molar-refractivity contribution is 5.75. The summed E-state index contributed by atoms with van der Waals surface area (Å²) in [6.07, 6.45) is 5.95. The zero-order chi connectivity index (χ0) is 12.0. The minimum absolute atomic E-state index is 0.454. The molecule has 0 aromatic carbocycles. The summed E-state index contributed by atoms with van der Waals surface area (Å²) in [6, 6.07) is -0.719. The summed E-state index contributed by atoms with van der Waals surface area (Å²) in [4.78, 5) is 11.0. The zero-order valence-electron chi connectivity index (χ0n) is 9.39. The smallest absolute Gasteiger partial charge is 0.325 e. The fraction of sp³-hybridized carbons (Fsp3) is 0.455. The number of carbonyl (C=O) groups is 1. The van der Waals surface area contributed by atoms with Crippen LogP contribution in [0.1, 0.15) is 24.9 Å². The van der Waals surface area contributed by atoms with E-state index in [0.29, 0.717) is 12.1 Å². The van der Waals surface area contributed by atoms with E-state index >= 15 is 0 Å². The van der Waals surface area contributed by atoms with Crippen LogP contribution in [0, 0.1) is 0 Å². The molecular formula is C11H17N3O2. The van der Waals surface area contributed by atoms with Crippen molar-refractivity contribution in [2.45, 2.75) is 25.9 Å². The predicted octanol–water partition coefficient (Wildman–Crippen LogP) is 1.19. The molecule has 1 rings (SSSR count). The summed E-state index contributed by atoms with van der Waals surface area (Å²) in [6.45, 7) is 6.85. The Hall–Kier alpha value is -1.62. The van der Waals surface area contributed by atoms with Gasteiger partial charge in [0, 0.05) is 24.8 Å². The van der Waals surface area contributed by atoms with Crippen LogP contribution in [0.4, 0.5) is 0 Å². The molecule has 0 spiro atoms. The maximum absolute atomic E-state index is 11.0. The second kappa shape index (κ2) is 6.07. The number of carboxylic acid groups (broad SMARTS) is 1. The second-order valence-corrected chi connectivity index (χ2v) is 3.50. The Labute approximate surface area is 94.8 Å². The molecule has 1 heterocycles. The molecule has 5 heteroatoms. The largest absolute Gasteiger partial charge is 0.480 e. The van der Waals surface area contributed by atoms with Gasteiger partial charge in [-0.3, -0.25) is 14.8 Å². The number of nitrogens with zero attached hydrogens (tertiary/aromatic N) is 2. The first-order chi connectivity index (χ1) is 7.69. The Balaban J connectivity index is 2.75. The quantitative estimate of drug-likeness (QED) is 0.681. The molecule has 16 heavy (non-hydrogen) atoms. The van der Waals surface area contributed by atoms with Crippen molar-refractivity contribution in [1.82, 2.24) is 15.1 Å². The lowest BCUT2D eigenvalue weighted by Gasteiger charge is -2.10. The summed E-state index contributed by atoms with van der Waals surface area (Å²) in [5, 5.41) is 16.0. The van der Waals surface area contributed by atoms with E-state index in [4.69, 9.17) is 5.11 Å². The molecule has 1 aromatic heterocycles. The van der Waals surface area contributed by atoms with Crippen LogP contribution in [0.2, 0.25) is 0 Å². The first-order valence-corrected chi connectivity index (χ1v) is 5.28. The minimum Gasteiger partial charge on any atom is -0.480 e. The standard InChI is InChI=1S/C11H17N3O2/c1-3-5-12-10(11(15)16)9-7-13-14(8-9)6-4-2/h3,7-8,10,12H,1,4-6H2,2H3,(H,15,16). The van der Waals surface area contributed by atoms with E-state index in [9.17, 15) is 4.79 Å². The molecule has 0 fully saturated rings. The van der Waals surface area contributed by atoms with Crippen LogP contribution in [0.15, 0.2) is 25.0 Å². The van der Waals surface area contributed by atoms with Crippen molar-refractivity contribution in [2.24, 2.45) is 0 Å². The number of nitrogens with one attached hydrogen (secondary N) is 1. The molecular weight excluding hydrogens is 206 g/mol. The molecule has 2 N–H and O–H groups in total. The third-order valence-corrected chi connectivity index (χ3v) is 2.15. The maximum atomic E-state index is 11.0. The van der Waals surface area contributed by atoms with Gasteiger partial charge in [-0.15, -0.1) is 6.58 Å². The second-order valence-electron chi connectivity index (χ2n) is 3.50. The van der Waals surface area contributed by atoms with Gasteiger partial charge in [-0.1, -0.05) is 13.0 Å². The zero-order valence-corrected chi connectivity index (χ0v) is 9.39. The molecule has 0 saturated heterocycles. The fourth-order valence-electron chi connectivity index (χ4n) is 1.43. The molecule has 5 nitrogen and oxygen atoms in total. The molecule has 1 aromatic rings. The van der Waals surface area contributed by atoms with E-state index in [1.807, 2.05) is 6.92 Å². The molecule has 1 atom stereocenters. The highest BCUT2D eigenvalue weighted by atomic mass is 16.4. The van der Waals surface area contributed by atoms with Crippen LogP contribution >= 0.6 is 0 Å². The lowest BCUT2D eigenvalue weighted by atomic mass is 10.1. The van der Waals surface area contributed by atoms with Gasteiger partial charge in [0.25, 0.3) is 0 Å². The third-order valence-electron chi connectivity index (χ3n) is 2.15. The number of aromatic nitrogens is 2. The van der Waals surface area contributed by atoms with Gasteiger partial charge in [-0.2, -0.15) is 5.10 Å². The van der Waals surface area contributed by atoms with Crippen LogP contribution in [0.25, 0.3) is 0 Å². The molecule has 0 aliphatic carbocycles. The number of aryl methyl sites for hydroxylation is 1. The minimum atomic E-state index is -0.905. The predicted molar refractivity (Wildman–Crippen MR) is 61.1 cm³/mol. The molecule has 0 aliphatic rings. The Morgan fingerprint density at radius 3 is 3.12 bits per heavy atom. The topological polar surface area (TPSA) is 67.2 Å². The van der Waals surface area contributed by atoms with Crippen LogP contribution < -0.4 is 5.32 Å². The number of hydrogen-bond acceptors (Lipinski definition) is 3. The number of aliphatic carboxylic acids is 1. The molecule has 1 unspecified atom stereocenters. The van der Waals surface area contributed by atoms with E-state index in [0.717, 1.165) is 13.0 Å². The van der Waals surface area contributed by atoms with Crippen LogP contribution in [0.3, 0.4) is 0 Å². The van der Waals surface area contributed by atoms with Gasteiger partial charge in [-0.05, 0) is 6.42 Å². The Morgan fingerprint density at radius 2 is 2.56 bits per heavy atom. The van der Waals surface area contributed by atoms with Crippen molar-refractivity contribution >= 4 is 5.97 Å². The van der Waals surface area contributed by atoms with Gasteiger partial charge in [0.05, 0.1) is 6.20 Å². The van der Waals surface area contributed by atoms with E-state index in [1.54, 1.807) is 23.2 Å². The number of carboxylic acids is 1. The SMILES string of the molecule is C=CCNC(C(=O)O)c1cnn(CCC)c1. The molecule has 0 radical (unpaired) electrons. The summed E-state index contributed by atoms with van der Waals surface area (Å²) in [5.74, 6) is -0.905. The summed E-state index contributed by atoms with van der Waals surface area (Å²) < 4.78 is 1.75. The molecule has 88 valence electrons. The number of rotatable bonds is 7. The Morgan fingerprint density at radius 1 is 1.81 bits per heavy atom. The number of hydrogen-bond donors (Lipinski definition) is 2. The Kier molecular flexibility index (Phi) is 4.72. The van der Waals surface area contributed by atoms with Gasteiger partial charge in [0.1, 0.15) is 6.04 Å². The third kappa shape index (κ3) is 3.20. The average molecular weight is 223 g/mol. The average Bonchev–Trinajstić information content (AvgIpc) is 2.67. The van der Waals surface area contributed by atoms with Crippen molar-refractivity contribution in [3.05, 3.63) is 30.6 Å². The van der Waals surface area contributed by atoms with Gasteiger partial charge < -0.3 is 5.11 Å². The van der Waals surface area contributed by atoms with Crippen molar-refractivity contribution < 1.29 is 9.90 Å². The molecule has 0 aliphatic heterocycles. The van der Waals surface area contributed by atoms with E-state index < -0.39 is 12.0 Å². The molecule has 0 saturated carbocycles. The van der Waals surface area contributed by atoms with E-state index in [-0.39, 0.29) is 0 Å². The maximum Gasteiger partial charge on any atom is 0.325 e. The fourth-order valence-corrected chi connectivity index (χ4v) is 1.43. The highest BCUT2D eigenvalue weighted by Gasteiger charge is 2.19. The van der Waals surface area contributed by atoms with Crippen molar-refractivity contribution in [3.8, 4) is 0 Å². The first-order valence-electron chi connectivity index (χ1n) is 5.28. The molecule has 0 bridgehead atoms. The van der Waals surface area contributed by atoms with Crippen LogP contribution in [-0.2, 0) is 11.3 Å². The van der Waals surface area contributed by atoms with Crippen molar-refractivity contribution in [3.63, 3.8) is 0 Å². The normalized spacial score (nSPS) is 12.3. The summed E-state index contributed by atoms with van der Waals surface area (Å²) in [7, 11) is 0. The van der Waals surface area contributed by atoms with Gasteiger partial charge in [-0.25, -0.2) is 0 Å². The Bertz CT molecular complexity index is 360. The lowest BCUT2D eigenvalue weighted by molar-refractivity contribution is -0.139. The van der Waals surface area contributed by atoms with Crippen LogP contribution in [0.5, 0.6) is 0 Å². The molecule has 0 amide bonds. The summed E-state index contributed by atoms with van der Waals surface area (Å²) in [5.41, 5.74) is 0.669. The van der Waals surface area contributed by atoms with Crippen molar-refractivity contribution in [2.75, 3.05) is 6.54 Å². The lowest BCUT2D eigenvalue weighted by Crippen LogP contribution is -2.28. The van der Waals surface area contributed by atoms with Gasteiger partial charge in [0.2, 0.25) is 0 Å². The van der Waals surface area contributed by atoms with E-state index in [1.165, 1.54) is 0 Å². The van der Waals surface area contributed by atoms with Gasteiger partial charge in [0.15, 0.2) is 0 Å².